The van der Waals surface area contributed by atoms with Crippen molar-refractivity contribution >= 4 is 75.3 Å². The van der Waals surface area contributed by atoms with Gasteiger partial charge in [-0.2, -0.15) is 10.2 Å². The van der Waals surface area contributed by atoms with Crippen LogP contribution in [-0.2, 0) is 9.47 Å². The smallest absolute Gasteiger partial charge is 0.408 e. The molecule has 0 saturated carbocycles. The summed E-state index contributed by atoms with van der Waals surface area (Å²) in [5.74, 6) is 0. The second-order valence-electron chi connectivity index (χ2n) is 14.3. The van der Waals surface area contributed by atoms with Gasteiger partial charge in [-0.3, -0.25) is 0 Å². The lowest BCUT2D eigenvalue weighted by atomic mass is 10.1. The third kappa shape index (κ3) is 16.9. The maximum atomic E-state index is 11.9. The highest BCUT2D eigenvalue weighted by molar-refractivity contribution is 9.10. The standard InChI is InChI=1S/C15H19ClN4O3.C13H17BrClNO3.C10H11ClN4O.ClH/c1-15(2,3)23-14(22)19-12(7-21)10-4-5-11(16)13(6-10)20-9-17-8-18-20;1-13(2,3)19-12(18)16-11(7-17)8-4-5-10(15)9(14)6-8;11-8-2-1-7(9(12)4-16)3-10(8)15-6-13-5-14-15;/h4-6,8-9,12,21H,7H2,1-3H3,(H,19,22);4-6,11,17H,7H2,1-3H3,(H,16,18);1-3,5-6,9,16H,4,12H2;1H/t12-;11-;9-;/m111./s1. The van der Waals surface area contributed by atoms with E-state index in [1.807, 2.05) is 0 Å². The Morgan fingerprint density at radius 1 is 0.695 bits per heavy atom. The number of alkyl carbamates (subject to hydrolysis) is 2. The molecule has 0 unspecified atom stereocenters. The average molecular weight is 965 g/mol. The predicted molar refractivity (Wildman–Crippen MR) is 232 cm³/mol. The van der Waals surface area contributed by atoms with E-state index < -0.39 is 41.5 Å². The molecular formula is C38H48BrCl4N9O7. The number of hydrogen-bond acceptors (Lipinski definition) is 12. The summed E-state index contributed by atoms with van der Waals surface area (Å²) in [4.78, 5) is 31.3. The van der Waals surface area contributed by atoms with Crippen molar-refractivity contribution in [3.8, 4) is 11.4 Å². The number of carbonyl (C=O) groups excluding carboxylic acids is 2. The van der Waals surface area contributed by atoms with E-state index in [4.69, 9.17) is 55.1 Å². The lowest BCUT2D eigenvalue weighted by Crippen LogP contribution is -2.36. The Morgan fingerprint density at radius 2 is 1.08 bits per heavy atom. The Kier molecular flexibility index (Phi) is 20.5. The van der Waals surface area contributed by atoms with Crippen molar-refractivity contribution in [3.63, 3.8) is 0 Å². The normalized spacial score (nSPS) is 12.6. The van der Waals surface area contributed by atoms with E-state index in [1.165, 1.54) is 23.7 Å². The van der Waals surface area contributed by atoms with Gasteiger partial charge in [0.2, 0.25) is 0 Å². The zero-order valence-electron chi connectivity index (χ0n) is 33.0. The second-order valence-corrected chi connectivity index (χ2v) is 16.4. The molecule has 5 rings (SSSR count). The Bertz CT molecular complexity index is 2070. The Balaban J connectivity index is 0.000000307. The van der Waals surface area contributed by atoms with E-state index in [2.05, 4.69) is 46.7 Å². The van der Waals surface area contributed by atoms with Gasteiger partial charge in [-0.25, -0.2) is 28.9 Å². The quantitative estimate of drug-likeness (QED) is 0.0802. The first-order valence-electron chi connectivity index (χ1n) is 17.6. The number of benzene rings is 3. The SMILES string of the molecule is CC(C)(C)OC(=O)N[C@H](CO)c1ccc(Cl)c(-n2cncn2)c1.CC(C)(C)OC(=O)N[C@H](CO)c1ccc(Cl)c(Br)c1.Cl.N[C@H](CO)c1ccc(Cl)c(-n2cncn2)c1. The van der Waals surface area contributed by atoms with Crippen LogP contribution in [-0.4, -0.2) is 88.1 Å². The number of nitrogens with two attached hydrogens (primary N) is 1. The molecule has 7 N–H and O–H groups in total. The van der Waals surface area contributed by atoms with Crippen molar-refractivity contribution in [2.24, 2.45) is 5.73 Å². The molecular weight excluding hydrogens is 916 g/mol. The molecule has 2 amide bonds. The van der Waals surface area contributed by atoms with Gasteiger partial charge in [-0.15, -0.1) is 12.4 Å². The first-order valence-corrected chi connectivity index (χ1v) is 19.5. The van der Waals surface area contributed by atoms with Crippen molar-refractivity contribution < 1.29 is 34.4 Å². The molecule has 0 aliphatic rings. The van der Waals surface area contributed by atoms with Crippen LogP contribution >= 0.6 is 63.1 Å². The van der Waals surface area contributed by atoms with Gasteiger partial charge in [0.25, 0.3) is 0 Å². The van der Waals surface area contributed by atoms with Crippen LogP contribution in [0.5, 0.6) is 0 Å². The molecule has 0 fully saturated rings. The van der Waals surface area contributed by atoms with Gasteiger partial charge in [0, 0.05) is 4.47 Å². The summed E-state index contributed by atoms with van der Waals surface area (Å²) >= 11 is 21.4. The van der Waals surface area contributed by atoms with Gasteiger partial charge >= 0.3 is 12.2 Å². The fourth-order valence-corrected chi connectivity index (χ4v) is 5.65. The molecule has 0 radical (unpaired) electrons. The summed E-state index contributed by atoms with van der Waals surface area (Å²) in [5.41, 5.74) is 8.05. The van der Waals surface area contributed by atoms with Crippen LogP contribution in [0.4, 0.5) is 9.59 Å². The first-order chi connectivity index (χ1) is 27.2. The van der Waals surface area contributed by atoms with Crippen molar-refractivity contribution in [1.29, 1.82) is 0 Å². The van der Waals surface area contributed by atoms with Crippen molar-refractivity contribution in [3.05, 3.63) is 116 Å². The molecule has 2 aromatic heterocycles. The second kappa shape index (κ2) is 23.7. The van der Waals surface area contributed by atoms with Gasteiger partial charge in [0.15, 0.2) is 0 Å². The molecule has 0 spiro atoms. The van der Waals surface area contributed by atoms with Crippen LogP contribution in [0.25, 0.3) is 11.4 Å². The monoisotopic (exact) mass is 961 g/mol. The van der Waals surface area contributed by atoms with Crippen LogP contribution in [0.1, 0.15) is 76.4 Å². The lowest BCUT2D eigenvalue weighted by Gasteiger charge is -2.23. The number of amides is 2. The number of rotatable bonds is 10. The van der Waals surface area contributed by atoms with Gasteiger partial charge in [0.05, 0.1) is 64.4 Å². The van der Waals surface area contributed by atoms with Crippen molar-refractivity contribution in [1.82, 2.24) is 40.2 Å². The molecule has 0 bridgehead atoms. The summed E-state index contributed by atoms with van der Waals surface area (Å²) in [6.45, 7) is 10.0. The van der Waals surface area contributed by atoms with Gasteiger partial charge in [0.1, 0.15) is 36.5 Å². The largest absolute Gasteiger partial charge is 0.444 e. The highest BCUT2D eigenvalue weighted by Crippen LogP contribution is 2.27. The topological polar surface area (TPSA) is 225 Å². The molecule has 3 aromatic carbocycles. The van der Waals surface area contributed by atoms with E-state index in [9.17, 15) is 19.8 Å². The number of ether oxygens (including phenoxy) is 2. The minimum atomic E-state index is -0.621. The molecule has 0 aliphatic heterocycles. The number of aliphatic hydroxyl groups is 3. The predicted octanol–water partition coefficient (Wildman–Crippen LogP) is 7.47. The van der Waals surface area contributed by atoms with Gasteiger partial charge in [-0.1, -0.05) is 53.0 Å². The molecule has 322 valence electrons. The summed E-state index contributed by atoms with van der Waals surface area (Å²) in [5, 5.41) is 42.8. The van der Waals surface area contributed by atoms with E-state index in [0.29, 0.717) is 36.5 Å². The first kappa shape index (κ1) is 51.1. The summed E-state index contributed by atoms with van der Waals surface area (Å²) in [6.07, 6.45) is 4.71. The number of nitrogens with one attached hydrogen (secondary N) is 2. The lowest BCUT2D eigenvalue weighted by molar-refractivity contribution is 0.0471. The fraction of sp³-hybridized carbons (Fsp3) is 0.368. The number of carbonyl (C=O) groups is 2. The molecule has 3 atom stereocenters. The van der Waals surface area contributed by atoms with E-state index >= 15 is 0 Å². The third-order valence-corrected chi connectivity index (χ3v) is 9.25. The average Bonchev–Trinajstić information content (AvgIpc) is 3.89. The van der Waals surface area contributed by atoms with Crippen LogP contribution in [0.2, 0.25) is 15.1 Å². The Morgan fingerprint density at radius 3 is 1.44 bits per heavy atom. The van der Waals surface area contributed by atoms with Crippen molar-refractivity contribution in [2.45, 2.75) is 70.9 Å². The molecule has 5 aromatic rings. The molecule has 0 saturated heterocycles. The number of halogens is 5. The van der Waals surface area contributed by atoms with Crippen LogP contribution < -0.4 is 16.4 Å². The summed E-state index contributed by atoms with van der Waals surface area (Å²) < 4.78 is 14.1. The van der Waals surface area contributed by atoms with Crippen LogP contribution in [0.3, 0.4) is 0 Å². The number of aliphatic hydroxyl groups excluding tert-OH is 3. The molecule has 59 heavy (non-hydrogen) atoms. The molecule has 21 heteroatoms. The van der Waals surface area contributed by atoms with Crippen molar-refractivity contribution in [2.75, 3.05) is 19.8 Å². The Hall–Kier alpha value is -4.04. The third-order valence-electron chi connectivity index (χ3n) is 7.39. The maximum Gasteiger partial charge on any atom is 0.408 e. The minimum absolute atomic E-state index is 0. The fourth-order valence-electron chi connectivity index (χ4n) is 4.73. The maximum absolute atomic E-state index is 11.9. The highest BCUT2D eigenvalue weighted by Gasteiger charge is 2.22. The summed E-state index contributed by atoms with van der Waals surface area (Å²) in [7, 11) is 0. The van der Waals surface area contributed by atoms with Crippen LogP contribution in [0.15, 0.2) is 84.4 Å². The van der Waals surface area contributed by atoms with Gasteiger partial charge < -0.3 is 41.2 Å². The molecule has 16 nitrogen and oxygen atoms in total. The Labute approximate surface area is 371 Å². The number of nitrogens with zero attached hydrogens (tertiary/aromatic N) is 6. The zero-order valence-corrected chi connectivity index (χ0v) is 37.7. The minimum Gasteiger partial charge on any atom is -0.444 e. The van der Waals surface area contributed by atoms with E-state index in [-0.39, 0.29) is 32.2 Å². The highest BCUT2D eigenvalue weighted by atomic mass is 79.9. The summed E-state index contributed by atoms with van der Waals surface area (Å²) in [6, 6.07) is 14.0. The number of aromatic nitrogens is 6. The van der Waals surface area contributed by atoms with E-state index in [0.717, 1.165) is 11.1 Å². The molecule has 0 aliphatic carbocycles. The number of hydrogen-bond donors (Lipinski definition) is 6. The van der Waals surface area contributed by atoms with Gasteiger partial charge in [-0.05, 0) is 111 Å². The van der Waals surface area contributed by atoms with E-state index in [1.54, 1.807) is 107 Å². The zero-order chi connectivity index (χ0) is 43.2. The molecule has 2 heterocycles. The van der Waals surface area contributed by atoms with Crippen LogP contribution in [0, 0.1) is 0 Å².